The molecule has 0 unspecified atom stereocenters. The number of rotatable bonds is 26. The molecule has 7 aromatic carbocycles. The molecule has 37 nitrogen and oxygen atoms in total. The summed E-state index contributed by atoms with van der Waals surface area (Å²) in [6.07, 6.45) is -17.9. The number of halogens is 1. The highest BCUT2D eigenvalue weighted by atomic mass is 32.2. The quantitative estimate of drug-likeness (QED) is 0.0128. The van der Waals surface area contributed by atoms with Crippen LogP contribution in [-0.2, 0) is 40.5 Å². The number of hydrogen-bond acceptors (Lipinski definition) is 31. The van der Waals surface area contributed by atoms with Gasteiger partial charge in [0, 0.05) is 95.6 Å². The first kappa shape index (κ1) is 92.3. The molecule has 0 heterocycles. The van der Waals surface area contributed by atoms with Gasteiger partial charge in [0.2, 0.25) is 0 Å². The van der Waals surface area contributed by atoms with Gasteiger partial charge in [0.05, 0.1) is 48.0 Å². The lowest BCUT2D eigenvalue weighted by Gasteiger charge is -2.29. The summed E-state index contributed by atoms with van der Waals surface area (Å²) in [5.41, 5.74) is 9.38. The van der Waals surface area contributed by atoms with E-state index < -0.39 is 169 Å². The summed E-state index contributed by atoms with van der Waals surface area (Å²) >= 11 is 0. The van der Waals surface area contributed by atoms with Crippen LogP contribution in [0.5, 0.6) is 0 Å². The van der Waals surface area contributed by atoms with Gasteiger partial charge < -0.3 is 97.4 Å². The fourth-order valence-corrected chi connectivity index (χ4v) is 12.0. The van der Waals surface area contributed by atoms with Gasteiger partial charge in [0.15, 0.2) is 0 Å². The van der Waals surface area contributed by atoms with Crippen LogP contribution in [0.3, 0.4) is 0 Å². The van der Waals surface area contributed by atoms with Crippen molar-refractivity contribution in [3.8, 4) is 0 Å². The summed E-state index contributed by atoms with van der Waals surface area (Å²) in [4.78, 5) is 21.6. The second-order valence-electron chi connectivity index (χ2n) is 22.8. The van der Waals surface area contributed by atoms with Crippen LogP contribution in [0.1, 0.15) is 16.7 Å². The molecule has 0 aliphatic rings. The van der Waals surface area contributed by atoms with E-state index in [4.69, 9.17) is 54.6 Å². The summed E-state index contributed by atoms with van der Waals surface area (Å²) in [6.45, 7) is 2.89. The highest BCUT2D eigenvalue weighted by Crippen LogP contribution is 2.31. The minimum atomic E-state index is -4.47. The Bertz CT molecular complexity index is 4150. The van der Waals surface area contributed by atoms with Crippen molar-refractivity contribution in [2.75, 3.05) is 76.1 Å². The molecule has 7 aromatic rings. The Balaban J connectivity index is 0.000000430. The molecule has 0 saturated carbocycles. The third-order valence-electron chi connectivity index (χ3n) is 15.0. The van der Waals surface area contributed by atoms with Crippen molar-refractivity contribution in [3.05, 3.63) is 170 Å². The van der Waals surface area contributed by atoms with Crippen LogP contribution in [0.2, 0.25) is 0 Å². The van der Waals surface area contributed by atoms with Gasteiger partial charge in [-0.2, -0.15) is 33.7 Å². The van der Waals surface area contributed by atoms with Gasteiger partial charge in [-0.1, -0.05) is 48.5 Å². The van der Waals surface area contributed by atoms with Crippen LogP contribution >= 0.6 is 0 Å². The number of fused-ring (bicyclic) bond motifs is 2. The number of nitro benzene ring substituents is 2. The number of aryl methyl sites for hydroxylation is 3. The fourth-order valence-electron chi connectivity index (χ4n) is 9.21. The molecule has 0 saturated heterocycles. The number of anilines is 3. The normalized spacial score (nSPS) is 15.1. The van der Waals surface area contributed by atoms with E-state index in [1.165, 1.54) is 67.6 Å². The van der Waals surface area contributed by atoms with Gasteiger partial charge >= 0.3 is 0 Å². The van der Waals surface area contributed by atoms with Crippen molar-refractivity contribution in [1.29, 1.82) is 0 Å². The smallest absolute Gasteiger partial charge is 0.295 e. The van der Waals surface area contributed by atoms with E-state index in [1.54, 1.807) is 56.1 Å². The highest BCUT2D eigenvalue weighted by Gasteiger charge is 2.33. The van der Waals surface area contributed by atoms with Gasteiger partial charge in [-0.15, -0.1) is 0 Å². The maximum Gasteiger partial charge on any atom is 0.295 e. The monoisotopic (exact) mass is 1560 g/mol. The number of aliphatic hydroxyl groups excluding tert-OH is 15. The zero-order chi connectivity index (χ0) is 79.9. The summed E-state index contributed by atoms with van der Waals surface area (Å²) in [7, 11) is -13.0. The number of likely N-dealkylation sites (N-methyl/N-ethyl adjacent to an activating group) is 3. The third kappa shape index (κ3) is 27.6. The molecule has 0 fully saturated rings. The van der Waals surface area contributed by atoms with E-state index in [0.717, 1.165) is 53.7 Å². The van der Waals surface area contributed by atoms with E-state index in [-0.39, 0.29) is 52.6 Å². The molecule has 42 heteroatoms. The Morgan fingerprint density at radius 1 is 0.423 bits per heavy atom. The van der Waals surface area contributed by atoms with E-state index >= 15 is 0 Å². The molecule has 0 aliphatic heterocycles. The van der Waals surface area contributed by atoms with Crippen LogP contribution in [0.15, 0.2) is 147 Å². The van der Waals surface area contributed by atoms with Gasteiger partial charge in [-0.25, -0.2) is 4.39 Å². The van der Waals surface area contributed by atoms with E-state index in [1.807, 2.05) is 13.0 Å². The molecule has 7 rings (SSSR count). The van der Waals surface area contributed by atoms with Crippen molar-refractivity contribution < 1.29 is 143 Å². The summed E-state index contributed by atoms with van der Waals surface area (Å²) < 4.78 is 138. The number of nitrogens with zero attached hydrogens (tertiary/aromatic N) is 4. The van der Waals surface area contributed by atoms with E-state index in [2.05, 4.69) is 5.32 Å². The second kappa shape index (κ2) is 41.2. The predicted molar refractivity (Wildman–Crippen MR) is 372 cm³/mol. The maximum atomic E-state index is 12.4. The molecular weight excluding hydrogens is 1470 g/mol. The maximum absolute atomic E-state index is 12.4. The number of aliphatic hydroxyl groups is 15. The molecule has 580 valence electrons. The van der Waals surface area contributed by atoms with Gasteiger partial charge in [-0.05, 0) is 100 Å². The average Bonchev–Trinajstić information content (AvgIpc) is 0.776. The van der Waals surface area contributed by atoms with Crippen LogP contribution in [0, 0.1) is 46.8 Å². The third-order valence-corrected chi connectivity index (χ3v) is 18.6. The molecule has 104 heavy (non-hydrogen) atoms. The minimum Gasteiger partial charge on any atom is -0.399 e. The van der Waals surface area contributed by atoms with Crippen LogP contribution in [0.25, 0.3) is 21.5 Å². The Kier molecular flexibility index (Phi) is 36.5. The number of nitrogen functional groups attached to an aromatic ring is 1. The number of hydrogen-bond donors (Lipinski definition) is 21. The topological polar surface area (TPSA) is 652 Å². The van der Waals surface area contributed by atoms with E-state index in [9.17, 15) is 104 Å². The summed E-state index contributed by atoms with van der Waals surface area (Å²) in [5, 5.41) is 163. The van der Waals surface area contributed by atoms with Gasteiger partial charge in [0.1, 0.15) is 80.3 Å². The fraction of sp³-hybridized carbons (Fsp3) is 0.387. The highest BCUT2D eigenvalue weighted by molar-refractivity contribution is 7.87. The van der Waals surface area contributed by atoms with Crippen molar-refractivity contribution >= 4 is 90.5 Å². The number of nitrogens with two attached hydrogens (primary N) is 1. The Morgan fingerprint density at radius 2 is 0.692 bits per heavy atom. The largest absolute Gasteiger partial charge is 0.399 e. The van der Waals surface area contributed by atoms with Gasteiger partial charge in [-0.3, -0.25) is 38.4 Å². The van der Waals surface area contributed by atoms with E-state index in [0.29, 0.717) is 22.5 Å². The lowest BCUT2D eigenvalue weighted by molar-refractivity contribution is -0.385. The Hall–Kier alpha value is -7.81. The Labute approximate surface area is 595 Å². The summed E-state index contributed by atoms with van der Waals surface area (Å²) in [6, 6.07) is 28.2. The lowest BCUT2D eigenvalue weighted by atomic mass is 10.0. The molecule has 0 aliphatic carbocycles. The first-order valence-corrected chi connectivity index (χ1v) is 35.8. The van der Waals surface area contributed by atoms with Crippen molar-refractivity contribution in [2.45, 2.75) is 114 Å². The lowest BCUT2D eigenvalue weighted by Crippen LogP contribution is -2.49. The SMILES string of the molecule is CNC[C@H](O)[C@@H](O)[C@@H](O)[C@H](O)CO.Cc1cc(F)ccc1[N+](=O)[O-].Cc1cc(N(C)C[C@H](O)[C@@H](O)[C@@H](O)[C@H](O)CO)ccc1N.Cc1cc(N(C)C[C@H](O)[C@@H](O)[C@@H](O)[C@H](O)CO)ccc1[N+](=O)[O-].O=S(=O)(O)c1cccc2c(S(=O)(=O)O)cccc12.O=S(=O)(O)c1cccc2c(S(=O)(=O)O)cccc12. The zero-order valence-corrected chi connectivity index (χ0v) is 59.3. The average molecular weight is 1560 g/mol. The number of nitrogens with one attached hydrogen (secondary N) is 1. The molecule has 0 spiro atoms. The van der Waals surface area contributed by atoms with Gasteiger partial charge in [0.25, 0.3) is 51.8 Å². The first-order chi connectivity index (χ1) is 48.0. The van der Waals surface area contributed by atoms with Crippen LogP contribution < -0.4 is 20.9 Å². The van der Waals surface area contributed by atoms with Crippen molar-refractivity contribution in [1.82, 2.24) is 5.32 Å². The molecule has 0 bridgehead atoms. The zero-order valence-electron chi connectivity index (χ0n) is 56.1. The number of benzene rings is 7. The van der Waals surface area contributed by atoms with Crippen LogP contribution in [-0.4, -0.2) is 272 Å². The standard InChI is InChI=1S/C14H22N2O7.C14H24N2O5.2C10H8O6S2.C7H6FNO2.C7H17NO5/c1-8-5-9(3-4-10(8)16(22)23)15(2)6-11(18)13(20)14(21)12(19)7-17;1-8-5-9(3-4-10(8)15)16(2)6-11(18)13(20)14(21)12(19)7-17;2*11-17(12,13)9-5-1-3-7-8(9)4-2-6-10(7)18(14,15)16;1-5-4-6(8)2-3-7(5)9(10)11;1-8-2-4(10)6(12)7(13)5(11)3-9/h3-5,11-14,17-21H,6-7H2,1-2H3;3-5,11-14,17-21H,6-7,15H2,1-2H3;2*1-6H,(H,11,12,13)(H,14,15,16);2-4H,1H3;4-13H,2-3H2,1H3/t2*11-,12+,13+,14-;;;;4-,5+,6+,7-/m00...0/s1. The number of nitro groups is 2. The van der Waals surface area contributed by atoms with Crippen molar-refractivity contribution in [3.63, 3.8) is 0 Å². The first-order valence-electron chi connectivity index (χ1n) is 30.0. The second-order valence-corrected chi connectivity index (χ2v) is 28.3. The molecule has 0 amide bonds. The molecule has 0 radical (unpaired) electrons. The molecule has 22 N–H and O–H groups in total. The van der Waals surface area contributed by atoms with Crippen molar-refractivity contribution in [2.24, 2.45) is 0 Å². The van der Waals surface area contributed by atoms with Crippen LogP contribution in [0.4, 0.5) is 32.8 Å². The predicted octanol–water partition coefficient (Wildman–Crippen LogP) is -1.42. The Morgan fingerprint density at radius 3 is 0.952 bits per heavy atom. The molecule has 0 aromatic heterocycles. The minimum absolute atomic E-state index is 0.0233. The molecule has 12 atom stereocenters. The molecular formula is C62H85FN6O31S4. The summed E-state index contributed by atoms with van der Waals surface area (Å²) in [5.74, 6) is -0.451.